The Morgan fingerprint density at radius 3 is 2.54 bits per heavy atom. The zero-order chi connectivity index (χ0) is 18.4. The average molecular weight is 366 g/mol. The van der Waals surface area contributed by atoms with Crippen LogP contribution >= 0.6 is 11.8 Å². The minimum absolute atomic E-state index is 0.259. The summed E-state index contributed by atoms with van der Waals surface area (Å²) >= 11 is 1.61. The smallest absolute Gasteiger partial charge is 0.192 e. The molecule has 0 radical (unpaired) electrons. The van der Waals surface area contributed by atoms with Gasteiger partial charge in [0, 0.05) is 17.2 Å². The molecule has 26 heavy (non-hydrogen) atoms. The van der Waals surface area contributed by atoms with Crippen molar-refractivity contribution in [3.8, 4) is 17.5 Å². The van der Waals surface area contributed by atoms with Crippen molar-refractivity contribution in [2.24, 2.45) is 0 Å². The zero-order valence-electron chi connectivity index (χ0n) is 14.5. The van der Waals surface area contributed by atoms with E-state index in [-0.39, 0.29) is 11.1 Å². The maximum absolute atomic E-state index is 13.3. The van der Waals surface area contributed by atoms with Crippen molar-refractivity contribution in [1.29, 1.82) is 5.26 Å². The molecule has 3 aromatic rings. The summed E-state index contributed by atoms with van der Waals surface area (Å²) in [7, 11) is 0. The Hall–Kier alpha value is -2.65. The van der Waals surface area contributed by atoms with Crippen molar-refractivity contribution in [1.82, 2.24) is 14.8 Å². The lowest BCUT2D eigenvalue weighted by Gasteiger charge is -2.13. The minimum Gasteiger partial charge on any atom is -0.298 e. The van der Waals surface area contributed by atoms with E-state index in [2.05, 4.69) is 39.9 Å². The molecule has 3 rings (SSSR count). The van der Waals surface area contributed by atoms with E-state index in [1.807, 2.05) is 18.2 Å². The van der Waals surface area contributed by atoms with E-state index in [0.717, 1.165) is 22.7 Å². The minimum atomic E-state index is -0.275. The fourth-order valence-corrected chi connectivity index (χ4v) is 3.57. The standard InChI is InChI=1S/C20H19FN4S/c1-15(6-5-13-22)26-20-24-23-19(17-9-11-18(21)12-10-17)25(20)14-16-7-3-2-4-8-16/h2-4,7-12,15H,5-6,14H2,1H3. The molecule has 1 heterocycles. The van der Waals surface area contributed by atoms with Gasteiger partial charge >= 0.3 is 0 Å². The van der Waals surface area contributed by atoms with Gasteiger partial charge in [0.2, 0.25) is 0 Å². The van der Waals surface area contributed by atoms with Gasteiger partial charge in [-0.15, -0.1) is 10.2 Å². The fraction of sp³-hybridized carbons (Fsp3) is 0.250. The molecule has 6 heteroatoms. The van der Waals surface area contributed by atoms with Crippen LogP contribution < -0.4 is 0 Å². The van der Waals surface area contributed by atoms with E-state index in [0.29, 0.717) is 18.8 Å². The molecular formula is C20H19FN4S. The van der Waals surface area contributed by atoms with E-state index in [9.17, 15) is 4.39 Å². The summed E-state index contributed by atoms with van der Waals surface area (Å²) in [5.74, 6) is 0.437. The van der Waals surface area contributed by atoms with Gasteiger partial charge in [0.1, 0.15) is 5.82 Å². The molecule has 0 aliphatic rings. The van der Waals surface area contributed by atoms with Gasteiger partial charge in [0.15, 0.2) is 11.0 Å². The Labute approximate surface area is 156 Å². The summed E-state index contributed by atoms with van der Waals surface area (Å²) in [6, 6.07) is 18.6. The summed E-state index contributed by atoms with van der Waals surface area (Å²) in [6.07, 6.45) is 1.32. The highest BCUT2D eigenvalue weighted by atomic mass is 32.2. The first-order chi connectivity index (χ1) is 12.7. The van der Waals surface area contributed by atoms with Gasteiger partial charge in [-0.25, -0.2) is 4.39 Å². The summed E-state index contributed by atoms with van der Waals surface area (Å²) in [5, 5.41) is 18.6. The molecule has 4 nitrogen and oxygen atoms in total. The van der Waals surface area contributed by atoms with Crippen molar-refractivity contribution in [2.45, 2.75) is 36.7 Å². The number of thioether (sulfide) groups is 1. The number of hydrogen-bond acceptors (Lipinski definition) is 4. The van der Waals surface area contributed by atoms with Crippen LogP contribution in [0.25, 0.3) is 11.4 Å². The summed E-state index contributed by atoms with van der Waals surface area (Å²) in [6.45, 7) is 2.72. The molecule has 1 unspecified atom stereocenters. The Morgan fingerprint density at radius 1 is 1.12 bits per heavy atom. The molecule has 0 N–H and O–H groups in total. The van der Waals surface area contributed by atoms with Crippen LogP contribution in [0.15, 0.2) is 59.8 Å². The molecule has 0 aliphatic carbocycles. The molecule has 0 saturated heterocycles. The Balaban J connectivity index is 1.93. The van der Waals surface area contributed by atoms with Crippen LogP contribution in [-0.2, 0) is 6.54 Å². The van der Waals surface area contributed by atoms with Crippen molar-refractivity contribution in [3.05, 3.63) is 66.0 Å². The molecule has 0 bridgehead atoms. The average Bonchev–Trinajstić information content (AvgIpc) is 3.04. The van der Waals surface area contributed by atoms with Crippen LogP contribution in [0.4, 0.5) is 4.39 Å². The van der Waals surface area contributed by atoms with Crippen LogP contribution in [0.1, 0.15) is 25.3 Å². The molecule has 0 fully saturated rings. The number of halogens is 1. The third kappa shape index (κ3) is 4.50. The van der Waals surface area contributed by atoms with Crippen molar-refractivity contribution >= 4 is 11.8 Å². The highest BCUT2D eigenvalue weighted by molar-refractivity contribution is 7.99. The molecule has 1 atom stereocenters. The molecule has 0 spiro atoms. The van der Waals surface area contributed by atoms with Crippen LogP contribution in [0.3, 0.4) is 0 Å². The zero-order valence-corrected chi connectivity index (χ0v) is 15.3. The lowest BCUT2D eigenvalue weighted by atomic mass is 10.2. The van der Waals surface area contributed by atoms with Gasteiger partial charge in [-0.3, -0.25) is 4.57 Å². The van der Waals surface area contributed by atoms with Crippen molar-refractivity contribution < 1.29 is 4.39 Å². The largest absolute Gasteiger partial charge is 0.298 e. The maximum atomic E-state index is 13.3. The number of aromatic nitrogens is 3. The van der Waals surface area contributed by atoms with Gasteiger partial charge in [0.05, 0.1) is 12.6 Å². The predicted molar refractivity (Wildman–Crippen MR) is 101 cm³/mol. The molecule has 132 valence electrons. The second-order valence-corrected chi connectivity index (χ2v) is 7.42. The Morgan fingerprint density at radius 2 is 1.85 bits per heavy atom. The lowest BCUT2D eigenvalue weighted by Crippen LogP contribution is -2.06. The number of benzene rings is 2. The number of hydrogen-bond donors (Lipinski definition) is 0. The van der Waals surface area contributed by atoms with Gasteiger partial charge in [-0.1, -0.05) is 49.0 Å². The molecule has 2 aromatic carbocycles. The van der Waals surface area contributed by atoms with E-state index in [4.69, 9.17) is 5.26 Å². The third-order valence-electron chi connectivity index (χ3n) is 3.97. The number of nitriles is 1. The Bertz CT molecular complexity index is 884. The Kier molecular flexibility index (Phi) is 6.03. The van der Waals surface area contributed by atoms with Gasteiger partial charge in [-0.05, 0) is 36.2 Å². The highest BCUT2D eigenvalue weighted by Gasteiger charge is 2.17. The SMILES string of the molecule is CC(CCC#N)Sc1nnc(-c2ccc(F)cc2)n1Cc1ccccc1. The van der Waals surface area contributed by atoms with E-state index >= 15 is 0 Å². The molecule has 1 aromatic heterocycles. The monoisotopic (exact) mass is 366 g/mol. The summed E-state index contributed by atoms with van der Waals surface area (Å²) < 4.78 is 15.3. The molecule has 0 saturated carbocycles. The van der Waals surface area contributed by atoms with E-state index < -0.39 is 0 Å². The first-order valence-corrected chi connectivity index (χ1v) is 9.32. The van der Waals surface area contributed by atoms with Gasteiger partial charge in [-0.2, -0.15) is 5.26 Å². The van der Waals surface area contributed by atoms with Crippen LogP contribution in [0, 0.1) is 17.1 Å². The second kappa shape index (κ2) is 8.63. The van der Waals surface area contributed by atoms with Gasteiger partial charge < -0.3 is 0 Å². The van der Waals surface area contributed by atoms with Crippen LogP contribution in [-0.4, -0.2) is 20.0 Å². The number of rotatable bonds is 7. The topological polar surface area (TPSA) is 54.5 Å². The second-order valence-electron chi connectivity index (χ2n) is 6.01. The third-order valence-corrected chi connectivity index (χ3v) is 5.12. The quantitative estimate of drug-likeness (QED) is 0.557. The van der Waals surface area contributed by atoms with Crippen molar-refractivity contribution in [2.75, 3.05) is 0 Å². The number of nitrogens with zero attached hydrogens (tertiary/aromatic N) is 4. The summed E-state index contributed by atoms with van der Waals surface area (Å²) in [4.78, 5) is 0. The maximum Gasteiger partial charge on any atom is 0.192 e. The van der Waals surface area contributed by atoms with E-state index in [1.165, 1.54) is 12.1 Å². The summed E-state index contributed by atoms with van der Waals surface area (Å²) in [5.41, 5.74) is 1.97. The first-order valence-electron chi connectivity index (χ1n) is 8.44. The highest BCUT2D eigenvalue weighted by Crippen LogP contribution is 2.29. The fourth-order valence-electron chi connectivity index (χ4n) is 2.60. The first kappa shape index (κ1) is 18.2. The molecule has 0 amide bonds. The van der Waals surface area contributed by atoms with E-state index in [1.54, 1.807) is 23.9 Å². The molecule has 0 aliphatic heterocycles. The van der Waals surface area contributed by atoms with Gasteiger partial charge in [0.25, 0.3) is 0 Å². The predicted octanol–water partition coefficient (Wildman–Crippen LogP) is 4.92. The van der Waals surface area contributed by atoms with Crippen LogP contribution in [0.5, 0.6) is 0 Å². The van der Waals surface area contributed by atoms with Crippen molar-refractivity contribution in [3.63, 3.8) is 0 Å². The van der Waals surface area contributed by atoms with Crippen LogP contribution in [0.2, 0.25) is 0 Å². The normalized spacial score (nSPS) is 11.9. The lowest BCUT2D eigenvalue weighted by molar-refractivity contribution is 0.628. The molecular weight excluding hydrogens is 347 g/mol.